The second kappa shape index (κ2) is 4.69. The van der Waals surface area contributed by atoms with Crippen LogP contribution in [0.2, 0.25) is 5.28 Å². The van der Waals surface area contributed by atoms with E-state index in [2.05, 4.69) is 25.0 Å². The molecule has 0 saturated heterocycles. The molecule has 2 heterocycles. The second-order valence-corrected chi connectivity index (χ2v) is 3.91. The molecule has 8 heteroatoms. The average molecular weight is 277 g/mol. The Morgan fingerprint density at radius 2 is 1.84 bits per heavy atom. The van der Waals surface area contributed by atoms with Crippen LogP contribution in [-0.4, -0.2) is 29.7 Å². The first-order chi connectivity index (χ1) is 9.22. The van der Waals surface area contributed by atoms with Gasteiger partial charge < -0.3 is 0 Å². The van der Waals surface area contributed by atoms with Crippen LogP contribution in [0, 0.1) is 5.82 Å². The molecule has 6 nitrogen and oxygen atoms in total. The van der Waals surface area contributed by atoms with E-state index >= 15 is 0 Å². The highest BCUT2D eigenvalue weighted by Gasteiger charge is 2.09. The standard InChI is InChI=1S/C11H6ClFN6/c12-10-16-9(7-1-3-8(13)4-2-7)17-11(18-10)19-6-14-5-15-19/h1-6H. The molecular weight excluding hydrogens is 271 g/mol. The molecule has 0 N–H and O–H groups in total. The van der Waals surface area contributed by atoms with Crippen molar-refractivity contribution < 1.29 is 4.39 Å². The van der Waals surface area contributed by atoms with Crippen LogP contribution in [0.1, 0.15) is 0 Å². The number of hydrogen-bond donors (Lipinski definition) is 0. The van der Waals surface area contributed by atoms with E-state index in [0.717, 1.165) is 0 Å². The van der Waals surface area contributed by atoms with Crippen LogP contribution in [-0.2, 0) is 0 Å². The molecule has 0 saturated carbocycles. The zero-order valence-corrected chi connectivity index (χ0v) is 10.2. The first-order valence-electron chi connectivity index (χ1n) is 5.25. The lowest BCUT2D eigenvalue weighted by molar-refractivity contribution is 0.628. The minimum Gasteiger partial charge on any atom is -0.223 e. The monoisotopic (exact) mass is 276 g/mol. The molecule has 0 spiro atoms. The molecule has 1 aromatic carbocycles. The molecule has 0 amide bonds. The molecule has 94 valence electrons. The summed E-state index contributed by atoms with van der Waals surface area (Å²) in [5.74, 6) is 0.253. The number of halogens is 2. The second-order valence-electron chi connectivity index (χ2n) is 3.57. The summed E-state index contributed by atoms with van der Waals surface area (Å²) in [5.41, 5.74) is 0.632. The lowest BCUT2D eigenvalue weighted by Crippen LogP contribution is -2.05. The van der Waals surface area contributed by atoms with Crippen molar-refractivity contribution in [2.75, 3.05) is 0 Å². The molecule has 0 fully saturated rings. The highest BCUT2D eigenvalue weighted by Crippen LogP contribution is 2.17. The van der Waals surface area contributed by atoms with Crippen molar-refractivity contribution in [3.05, 3.63) is 48.0 Å². The van der Waals surface area contributed by atoms with Crippen LogP contribution in [0.25, 0.3) is 17.3 Å². The Bertz CT molecular complexity index is 698. The van der Waals surface area contributed by atoms with E-state index in [-0.39, 0.29) is 17.0 Å². The van der Waals surface area contributed by atoms with Crippen LogP contribution in [0.15, 0.2) is 36.9 Å². The van der Waals surface area contributed by atoms with Crippen molar-refractivity contribution >= 4 is 11.6 Å². The first kappa shape index (κ1) is 11.7. The number of benzene rings is 1. The average Bonchev–Trinajstić information content (AvgIpc) is 2.93. The Morgan fingerprint density at radius 3 is 2.53 bits per heavy atom. The van der Waals surface area contributed by atoms with Gasteiger partial charge in [-0.3, -0.25) is 0 Å². The van der Waals surface area contributed by atoms with E-state index in [4.69, 9.17) is 11.6 Å². The Kier molecular flexibility index (Phi) is 2.88. The molecule has 0 unspecified atom stereocenters. The molecule has 0 aliphatic rings. The van der Waals surface area contributed by atoms with Crippen LogP contribution < -0.4 is 0 Å². The summed E-state index contributed by atoms with van der Waals surface area (Å²) >= 11 is 5.85. The zero-order chi connectivity index (χ0) is 13.2. The first-order valence-corrected chi connectivity index (χ1v) is 5.63. The molecule has 0 radical (unpaired) electrons. The van der Waals surface area contributed by atoms with Crippen LogP contribution in [0.4, 0.5) is 4.39 Å². The van der Waals surface area contributed by atoms with Crippen molar-refractivity contribution in [2.45, 2.75) is 0 Å². The largest absolute Gasteiger partial charge is 0.256 e. The minimum absolute atomic E-state index is 0.0276. The minimum atomic E-state index is -0.333. The van der Waals surface area contributed by atoms with Crippen molar-refractivity contribution in [3.8, 4) is 17.3 Å². The maximum Gasteiger partial charge on any atom is 0.256 e. The summed E-state index contributed by atoms with van der Waals surface area (Å²) in [6.07, 6.45) is 2.80. The van der Waals surface area contributed by atoms with Crippen molar-refractivity contribution in [2.24, 2.45) is 0 Å². The maximum atomic E-state index is 12.9. The predicted octanol–water partition coefficient (Wildman–Crippen LogP) is 1.91. The fourth-order valence-electron chi connectivity index (χ4n) is 1.48. The maximum absolute atomic E-state index is 12.9. The molecule has 3 aromatic rings. The Balaban J connectivity index is 2.10. The van der Waals surface area contributed by atoms with Gasteiger partial charge in [0.2, 0.25) is 5.28 Å². The Morgan fingerprint density at radius 1 is 1.05 bits per heavy atom. The van der Waals surface area contributed by atoms with Gasteiger partial charge in [0.15, 0.2) is 5.82 Å². The summed E-state index contributed by atoms with van der Waals surface area (Å²) in [4.78, 5) is 16.0. The predicted molar refractivity (Wildman–Crippen MR) is 65.1 cm³/mol. The van der Waals surface area contributed by atoms with E-state index < -0.39 is 0 Å². The van der Waals surface area contributed by atoms with E-state index in [1.165, 1.54) is 29.5 Å². The smallest absolute Gasteiger partial charge is 0.223 e. The van der Waals surface area contributed by atoms with E-state index in [9.17, 15) is 4.39 Å². The third-order valence-electron chi connectivity index (χ3n) is 2.32. The van der Waals surface area contributed by atoms with Crippen molar-refractivity contribution in [1.29, 1.82) is 0 Å². The van der Waals surface area contributed by atoms with Gasteiger partial charge in [-0.1, -0.05) is 0 Å². The Labute approximate surface area is 112 Å². The summed E-state index contributed by atoms with van der Waals surface area (Å²) in [6.45, 7) is 0. The van der Waals surface area contributed by atoms with Gasteiger partial charge in [0.05, 0.1) is 0 Å². The number of nitrogens with zero attached hydrogens (tertiary/aromatic N) is 6. The third kappa shape index (κ3) is 2.41. The van der Waals surface area contributed by atoms with Gasteiger partial charge in [-0.15, -0.1) is 0 Å². The lowest BCUT2D eigenvalue weighted by Gasteiger charge is -2.03. The van der Waals surface area contributed by atoms with Crippen molar-refractivity contribution in [3.63, 3.8) is 0 Å². The summed E-state index contributed by atoms with van der Waals surface area (Å²) in [6, 6.07) is 5.77. The molecule has 0 bridgehead atoms. The summed E-state index contributed by atoms with van der Waals surface area (Å²) in [7, 11) is 0. The molecular formula is C11H6ClFN6. The van der Waals surface area contributed by atoms with Gasteiger partial charge >= 0.3 is 0 Å². The molecule has 2 aromatic heterocycles. The van der Waals surface area contributed by atoms with Gasteiger partial charge in [-0.05, 0) is 35.9 Å². The van der Waals surface area contributed by atoms with E-state index in [0.29, 0.717) is 11.4 Å². The van der Waals surface area contributed by atoms with Gasteiger partial charge in [-0.2, -0.15) is 24.7 Å². The van der Waals surface area contributed by atoms with Crippen LogP contribution >= 0.6 is 11.6 Å². The molecule has 0 atom stereocenters. The number of aromatic nitrogens is 6. The summed E-state index contributed by atoms with van der Waals surface area (Å²) < 4.78 is 14.2. The van der Waals surface area contributed by atoms with E-state index in [1.807, 2.05) is 0 Å². The normalized spacial score (nSPS) is 10.6. The highest BCUT2D eigenvalue weighted by atomic mass is 35.5. The fraction of sp³-hybridized carbons (Fsp3) is 0. The van der Waals surface area contributed by atoms with Gasteiger partial charge in [-0.25, -0.2) is 9.37 Å². The lowest BCUT2D eigenvalue weighted by atomic mass is 10.2. The molecule has 19 heavy (non-hydrogen) atoms. The number of rotatable bonds is 2. The SMILES string of the molecule is Fc1ccc(-c2nc(Cl)nc(-n3cncn3)n2)cc1. The highest BCUT2D eigenvalue weighted by molar-refractivity contribution is 6.28. The zero-order valence-electron chi connectivity index (χ0n) is 9.40. The fourth-order valence-corrected chi connectivity index (χ4v) is 1.64. The van der Waals surface area contributed by atoms with Gasteiger partial charge in [0.25, 0.3) is 5.95 Å². The summed E-state index contributed by atoms with van der Waals surface area (Å²) in [5, 5.41) is 3.94. The van der Waals surface area contributed by atoms with E-state index in [1.54, 1.807) is 12.1 Å². The molecule has 0 aliphatic carbocycles. The molecule has 3 rings (SSSR count). The van der Waals surface area contributed by atoms with Crippen LogP contribution in [0.5, 0.6) is 0 Å². The Hall–Kier alpha value is -2.41. The van der Waals surface area contributed by atoms with Gasteiger partial charge in [0.1, 0.15) is 18.5 Å². The molecule has 0 aliphatic heterocycles. The number of hydrogen-bond acceptors (Lipinski definition) is 5. The third-order valence-corrected chi connectivity index (χ3v) is 2.49. The topological polar surface area (TPSA) is 69.4 Å². The van der Waals surface area contributed by atoms with Gasteiger partial charge in [0, 0.05) is 5.56 Å². The van der Waals surface area contributed by atoms with Crippen molar-refractivity contribution in [1.82, 2.24) is 29.7 Å². The van der Waals surface area contributed by atoms with Crippen LogP contribution in [0.3, 0.4) is 0 Å². The quantitative estimate of drug-likeness (QED) is 0.715.